The summed E-state index contributed by atoms with van der Waals surface area (Å²) in [4.78, 5) is 2.36. The highest BCUT2D eigenvalue weighted by Gasteiger charge is 2.23. The van der Waals surface area contributed by atoms with E-state index >= 15 is 0 Å². The summed E-state index contributed by atoms with van der Waals surface area (Å²) in [5.41, 5.74) is 15.7. The van der Waals surface area contributed by atoms with Gasteiger partial charge in [-0.1, -0.05) is 152 Å². The van der Waals surface area contributed by atoms with Gasteiger partial charge in [0.15, 0.2) is 0 Å². The molecule has 0 saturated heterocycles. The van der Waals surface area contributed by atoms with Crippen LogP contribution < -0.4 is 4.90 Å². The zero-order valence-electron chi connectivity index (χ0n) is 31.0. The SMILES string of the molecule is c1ccc(-c2ccc3c(c2)oc2ccc(N(c4ccc(-c5ccccc5-c5ccccc5)cc4)c4ccc(-c5ccccc5)c5oc6ccccc6c45)cc23)cc1. The molecule has 0 saturated carbocycles. The van der Waals surface area contributed by atoms with Crippen molar-refractivity contribution in [2.75, 3.05) is 4.90 Å². The van der Waals surface area contributed by atoms with Crippen LogP contribution in [0.3, 0.4) is 0 Å². The Morgan fingerprint density at radius 3 is 1.58 bits per heavy atom. The van der Waals surface area contributed by atoms with E-state index in [1.165, 1.54) is 16.7 Å². The summed E-state index contributed by atoms with van der Waals surface area (Å²) in [5, 5.41) is 4.28. The highest BCUT2D eigenvalue weighted by Crippen LogP contribution is 2.47. The van der Waals surface area contributed by atoms with Crippen molar-refractivity contribution in [3.63, 3.8) is 0 Å². The number of rotatable bonds is 7. The largest absolute Gasteiger partial charge is 0.456 e. The van der Waals surface area contributed by atoms with Crippen molar-refractivity contribution >= 4 is 60.9 Å². The quantitative estimate of drug-likeness (QED) is 0.164. The first kappa shape index (κ1) is 32.8. The van der Waals surface area contributed by atoms with Gasteiger partial charge in [-0.15, -0.1) is 0 Å². The summed E-state index contributed by atoms with van der Waals surface area (Å²) in [5.74, 6) is 0. The van der Waals surface area contributed by atoms with Gasteiger partial charge in [0.25, 0.3) is 0 Å². The lowest BCUT2D eigenvalue weighted by atomic mass is 9.94. The second kappa shape index (κ2) is 13.6. The molecule has 0 spiro atoms. The molecule has 2 aromatic heterocycles. The van der Waals surface area contributed by atoms with Gasteiger partial charge >= 0.3 is 0 Å². The number of fused-ring (bicyclic) bond motifs is 6. The first-order valence-corrected chi connectivity index (χ1v) is 19.3. The fourth-order valence-corrected chi connectivity index (χ4v) is 8.38. The Morgan fingerprint density at radius 2 is 0.860 bits per heavy atom. The van der Waals surface area contributed by atoms with Crippen LogP contribution in [0.5, 0.6) is 0 Å². The zero-order valence-corrected chi connectivity index (χ0v) is 31.0. The zero-order chi connectivity index (χ0) is 37.7. The second-order valence-electron chi connectivity index (χ2n) is 14.5. The number of nitrogens with zero attached hydrogens (tertiary/aromatic N) is 1. The maximum Gasteiger partial charge on any atom is 0.145 e. The molecular formula is C54H35NO2. The Bertz CT molecular complexity index is 3220. The van der Waals surface area contributed by atoms with Crippen LogP contribution in [0.4, 0.5) is 17.1 Å². The first-order valence-electron chi connectivity index (χ1n) is 19.3. The molecule has 0 radical (unpaired) electrons. The Kier molecular flexibility index (Phi) is 7.82. The molecule has 2 heterocycles. The third kappa shape index (κ3) is 5.68. The molecule has 0 aliphatic rings. The van der Waals surface area contributed by atoms with E-state index in [1.807, 2.05) is 12.1 Å². The van der Waals surface area contributed by atoms with Crippen molar-refractivity contribution in [1.29, 1.82) is 0 Å². The standard InChI is InChI=1S/C54H35NO2/c1-4-14-36(15-5-1)40-26-30-46-48-35-42(29-33-51(48)56-52(46)34-40)55(41-27-24-39(25-28-41)44-21-11-10-20-43(44)37-16-6-2-7-17-37)49-32-31-45(38-18-8-3-9-19-38)54-53(49)47-22-12-13-23-50(47)57-54/h1-35H. The van der Waals surface area contributed by atoms with Gasteiger partial charge in [-0.2, -0.15) is 0 Å². The summed E-state index contributed by atoms with van der Waals surface area (Å²) >= 11 is 0. The second-order valence-corrected chi connectivity index (χ2v) is 14.5. The minimum absolute atomic E-state index is 0.852. The van der Waals surface area contributed by atoms with Gasteiger partial charge < -0.3 is 13.7 Å². The van der Waals surface area contributed by atoms with E-state index in [0.29, 0.717) is 0 Å². The average Bonchev–Trinajstić information content (AvgIpc) is 3.86. The van der Waals surface area contributed by atoms with Crippen LogP contribution in [0, 0.1) is 0 Å². The monoisotopic (exact) mass is 729 g/mol. The van der Waals surface area contributed by atoms with Gasteiger partial charge in [0.2, 0.25) is 0 Å². The molecule has 0 unspecified atom stereocenters. The summed E-state index contributed by atoms with van der Waals surface area (Å²) in [6.45, 7) is 0. The minimum Gasteiger partial charge on any atom is -0.456 e. The Morgan fingerprint density at radius 1 is 0.298 bits per heavy atom. The van der Waals surface area contributed by atoms with Crippen molar-refractivity contribution in [2.45, 2.75) is 0 Å². The molecule has 11 aromatic rings. The van der Waals surface area contributed by atoms with E-state index in [1.54, 1.807) is 0 Å². The van der Waals surface area contributed by atoms with Gasteiger partial charge in [-0.3, -0.25) is 0 Å². The van der Waals surface area contributed by atoms with E-state index in [2.05, 4.69) is 205 Å². The van der Waals surface area contributed by atoms with E-state index in [-0.39, 0.29) is 0 Å². The number of para-hydroxylation sites is 1. The molecule has 0 amide bonds. The van der Waals surface area contributed by atoms with E-state index in [4.69, 9.17) is 8.83 Å². The molecule has 3 nitrogen and oxygen atoms in total. The van der Waals surface area contributed by atoms with Crippen molar-refractivity contribution < 1.29 is 8.83 Å². The van der Waals surface area contributed by atoms with Crippen molar-refractivity contribution in [3.05, 3.63) is 212 Å². The van der Waals surface area contributed by atoms with Gasteiger partial charge in [0, 0.05) is 33.1 Å². The average molecular weight is 730 g/mol. The highest BCUT2D eigenvalue weighted by atomic mass is 16.3. The predicted octanol–water partition coefficient (Wildman–Crippen LogP) is 15.6. The number of benzene rings is 9. The van der Waals surface area contributed by atoms with Crippen LogP contribution in [0.2, 0.25) is 0 Å². The lowest BCUT2D eigenvalue weighted by Crippen LogP contribution is -2.10. The molecule has 0 aliphatic carbocycles. The highest BCUT2D eigenvalue weighted by molar-refractivity contribution is 6.17. The van der Waals surface area contributed by atoms with E-state index in [9.17, 15) is 0 Å². The molecule has 57 heavy (non-hydrogen) atoms. The molecule has 0 bridgehead atoms. The first-order chi connectivity index (χ1) is 28.3. The molecule has 3 heteroatoms. The predicted molar refractivity (Wildman–Crippen MR) is 237 cm³/mol. The molecule has 0 N–H and O–H groups in total. The van der Waals surface area contributed by atoms with Gasteiger partial charge in [0.1, 0.15) is 22.3 Å². The molecule has 0 fully saturated rings. The normalized spacial score (nSPS) is 11.5. The fourth-order valence-electron chi connectivity index (χ4n) is 8.38. The van der Waals surface area contributed by atoms with E-state index in [0.717, 1.165) is 88.8 Å². The molecule has 268 valence electrons. The van der Waals surface area contributed by atoms with Gasteiger partial charge in [-0.25, -0.2) is 0 Å². The molecule has 0 aliphatic heterocycles. The van der Waals surface area contributed by atoms with Crippen LogP contribution in [0.25, 0.3) is 88.4 Å². The van der Waals surface area contributed by atoms with Crippen LogP contribution in [-0.2, 0) is 0 Å². The van der Waals surface area contributed by atoms with Crippen LogP contribution >= 0.6 is 0 Å². The van der Waals surface area contributed by atoms with Gasteiger partial charge in [0.05, 0.1) is 11.1 Å². The van der Waals surface area contributed by atoms with Crippen LogP contribution in [-0.4, -0.2) is 0 Å². The number of anilines is 3. The molecule has 0 atom stereocenters. The molecule has 11 rings (SSSR count). The molecule has 9 aromatic carbocycles. The summed E-state index contributed by atoms with van der Waals surface area (Å²) in [6.07, 6.45) is 0. The topological polar surface area (TPSA) is 29.5 Å². The third-order valence-electron chi connectivity index (χ3n) is 11.1. The molecular weight excluding hydrogens is 695 g/mol. The van der Waals surface area contributed by atoms with E-state index < -0.39 is 0 Å². The van der Waals surface area contributed by atoms with Crippen LogP contribution in [0.15, 0.2) is 221 Å². The lowest BCUT2D eigenvalue weighted by Gasteiger charge is -2.27. The number of hydrogen-bond donors (Lipinski definition) is 0. The lowest BCUT2D eigenvalue weighted by molar-refractivity contribution is 0.669. The number of furan rings is 2. The van der Waals surface area contributed by atoms with Crippen molar-refractivity contribution in [3.8, 4) is 44.5 Å². The van der Waals surface area contributed by atoms with Gasteiger partial charge in [-0.05, 0) is 99.6 Å². The Balaban J connectivity index is 1.12. The number of hydrogen-bond acceptors (Lipinski definition) is 3. The minimum atomic E-state index is 0.852. The fraction of sp³-hybridized carbons (Fsp3) is 0. The summed E-state index contributed by atoms with van der Waals surface area (Å²) in [6, 6.07) is 75.0. The summed E-state index contributed by atoms with van der Waals surface area (Å²) < 4.78 is 13.3. The maximum absolute atomic E-state index is 6.75. The Labute approximate surface area is 330 Å². The van der Waals surface area contributed by atoms with Crippen molar-refractivity contribution in [1.82, 2.24) is 0 Å². The van der Waals surface area contributed by atoms with Crippen molar-refractivity contribution in [2.24, 2.45) is 0 Å². The Hall–Kier alpha value is -7.62. The smallest absolute Gasteiger partial charge is 0.145 e. The third-order valence-corrected chi connectivity index (χ3v) is 11.1. The summed E-state index contributed by atoms with van der Waals surface area (Å²) in [7, 11) is 0. The van der Waals surface area contributed by atoms with Crippen LogP contribution in [0.1, 0.15) is 0 Å². The maximum atomic E-state index is 6.75.